The van der Waals surface area contributed by atoms with Crippen LogP contribution in [0, 0.1) is 0 Å². The Morgan fingerprint density at radius 1 is 0.783 bits per heavy atom. The minimum absolute atomic E-state index is 0.303. The Morgan fingerprint density at radius 2 is 1.39 bits per heavy atom. The number of thiophene rings is 1. The molecule has 0 fully saturated rings. The summed E-state index contributed by atoms with van der Waals surface area (Å²) < 4.78 is 0. The van der Waals surface area contributed by atoms with E-state index >= 15 is 0 Å². The van der Waals surface area contributed by atoms with Crippen molar-refractivity contribution >= 4 is 17.3 Å². The van der Waals surface area contributed by atoms with E-state index in [1.54, 1.807) is 0 Å². The van der Waals surface area contributed by atoms with E-state index in [1.165, 1.54) is 41.0 Å². The number of carbonyl (C=O) groups is 1. The average molecular weight is 330 g/mol. The first-order valence-electron chi connectivity index (χ1n) is 8.57. The lowest BCUT2D eigenvalue weighted by Crippen LogP contribution is -1.93. The van der Waals surface area contributed by atoms with Crippen molar-refractivity contribution in [2.45, 2.75) is 57.8 Å². The minimum Gasteiger partial charge on any atom is -0.481 e. The molecule has 0 unspecified atom stereocenters. The maximum atomic E-state index is 10.5. The number of carboxylic acids is 1. The number of hydrogen-bond acceptors (Lipinski definition) is 2. The molecule has 0 saturated heterocycles. The number of aryl methyl sites for hydroxylation is 3. The highest BCUT2D eigenvalue weighted by Crippen LogP contribution is 2.21. The third-order valence-electron chi connectivity index (χ3n) is 4.01. The fourth-order valence-electron chi connectivity index (χ4n) is 2.72. The smallest absolute Gasteiger partial charge is 0.303 e. The zero-order chi connectivity index (χ0) is 16.3. The summed E-state index contributed by atoms with van der Waals surface area (Å²) in [7, 11) is 0. The molecule has 0 aliphatic carbocycles. The Kier molecular flexibility index (Phi) is 7.88. The van der Waals surface area contributed by atoms with Crippen molar-refractivity contribution in [1.82, 2.24) is 0 Å². The Balaban J connectivity index is 1.58. The van der Waals surface area contributed by atoms with Crippen LogP contribution in [0.4, 0.5) is 0 Å². The van der Waals surface area contributed by atoms with Crippen LogP contribution in [0.2, 0.25) is 0 Å². The first-order chi connectivity index (χ1) is 11.2. The third kappa shape index (κ3) is 7.47. The molecule has 2 rings (SSSR count). The van der Waals surface area contributed by atoms with Crippen molar-refractivity contribution < 1.29 is 9.90 Å². The lowest BCUT2D eigenvalue weighted by atomic mass is 10.1. The second-order valence-electron chi connectivity index (χ2n) is 6.02. The molecule has 2 aromatic rings. The van der Waals surface area contributed by atoms with Gasteiger partial charge >= 0.3 is 5.97 Å². The zero-order valence-corrected chi connectivity index (χ0v) is 14.5. The molecule has 0 radical (unpaired) electrons. The van der Waals surface area contributed by atoms with Crippen molar-refractivity contribution in [3.8, 4) is 0 Å². The Bertz CT molecular complexity index is 574. The summed E-state index contributed by atoms with van der Waals surface area (Å²) in [5, 5.41) is 8.61. The van der Waals surface area contributed by atoms with Crippen molar-refractivity contribution in [3.05, 3.63) is 57.8 Å². The van der Waals surface area contributed by atoms with Crippen LogP contribution in [0.5, 0.6) is 0 Å². The molecule has 23 heavy (non-hydrogen) atoms. The molecule has 3 heteroatoms. The number of hydrogen-bond donors (Lipinski definition) is 1. The average Bonchev–Trinajstić information content (AvgIpc) is 3.00. The molecule has 2 nitrogen and oxygen atoms in total. The standard InChI is InChI=1S/C20H26O2S/c21-20(22)14-6-2-5-12-18-15-16-19(23-18)13-8-7-11-17-9-3-1-4-10-17/h1,3-4,9-10,15-16H,2,5-8,11-14H2,(H,21,22). The van der Waals surface area contributed by atoms with Gasteiger partial charge in [0.25, 0.3) is 0 Å². The Labute approximate surface area is 143 Å². The summed E-state index contributed by atoms with van der Waals surface area (Å²) in [4.78, 5) is 13.4. The van der Waals surface area contributed by atoms with Gasteiger partial charge in [-0.3, -0.25) is 4.79 Å². The molecule has 1 heterocycles. The van der Waals surface area contributed by atoms with Crippen LogP contribution in [0.3, 0.4) is 0 Å². The maximum absolute atomic E-state index is 10.5. The van der Waals surface area contributed by atoms with Crippen LogP contribution in [-0.2, 0) is 24.1 Å². The monoisotopic (exact) mass is 330 g/mol. The van der Waals surface area contributed by atoms with Gasteiger partial charge in [0.1, 0.15) is 0 Å². The second kappa shape index (κ2) is 10.2. The van der Waals surface area contributed by atoms with Crippen molar-refractivity contribution in [2.24, 2.45) is 0 Å². The van der Waals surface area contributed by atoms with Gasteiger partial charge in [0.2, 0.25) is 0 Å². The summed E-state index contributed by atoms with van der Waals surface area (Å²) in [5.41, 5.74) is 1.43. The van der Waals surface area contributed by atoms with Crippen molar-refractivity contribution in [1.29, 1.82) is 0 Å². The van der Waals surface area contributed by atoms with Gasteiger partial charge in [-0.05, 0) is 62.6 Å². The SMILES string of the molecule is O=C(O)CCCCCc1ccc(CCCCc2ccccc2)s1. The van der Waals surface area contributed by atoms with Gasteiger partial charge in [0.05, 0.1) is 0 Å². The third-order valence-corrected chi connectivity index (χ3v) is 5.22. The van der Waals surface area contributed by atoms with E-state index < -0.39 is 5.97 Å². The predicted octanol–water partition coefficient (Wildman–Crippen LogP) is 5.50. The largest absolute Gasteiger partial charge is 0.481 e. The first kappa shape index (κ1) is 17.7. The molecule has 0 aliphatic heterocycles. The Hall–Kier alpha value is -1.61. The fraction of sp³-hybridized carbons (Fsp3) is 0.450. The molecule has 0 spiro atoms. The number of unbranched alkanes of at least 4 members (excludes halogenated alkanes) is 3. The van der Waals surface area contributed by atoms with Crippen LogP contribution in [-0.4, -0.2) is 11.1 Å². The van der Waals surface area contributed by atoms with Gasteiger partial charge in [-0.15, -0.1) is 11.3 Å². The van der Waals surface area contributed by atoms with Crippen LogP contribution in [0.1, 0.15) is 53.8 Å². The molecular weight excluding hydrogens is 304 g/mol. The highest BCUT2D eigenvalue weighted by molar-refractivity contribution is 7.11. The zero-order valence-electron chi connectivity index (χ0n) is 13.7. The number of benzene rings is 1. The quantitative estimate of drug-likeness (QED) is 0.552. The number of rotatable bonds is 11. The molecule has 0 atom stereocenters. The van der Waals surface area contributed by atoms with Gasteiger partial charge in [-0.1, -0.05) is 36.8 Å². The molecule has 1 aromatic heterocycles. The number of carboxylic acid groups (broad SMARTS) is 1. The van der Waals surface area contributed by atoms with Crippen LogP contribution in [0.25, 0.3) is 0 Å². The summed E-state index contributed by atoms with van der Waals surface area (Å²) in [6.45, 7) is 0. The van der Waals surface area contributed by atoms with E-state index in [0.717, 1.165) is 25.7 Å². The molecule has 124 valence electrons. The van der Waals surface area contributed by atoms with Crippen LogP contribution >= 0.6 is 11.3 Å². The topological polar surface area (TPSA) is 37.3 Å². The lowest BCUT2D eigenvalue weighted by Gasteiger charge is -2.01. The number of aliphatic carboxylic acids is 1. The summed E-state index contributed by atoms with van der Waals surface area (Å²) in [5.74, 6) is -0.682. The molecule has 0 saturated carbocycles. The van der Waals surface area contributed by atoms with E-state index in [2.05, 4.69) is 42.5 Å². The second-order valence-corrected chi connectivity index (χ2v) is 7.27. The first-order valence-corrected chi connectivity index (χ1v) is 9.39. The molecular formula is C20H26O2S. The highest BCUT2D eigenvalue weighted by Gasteiger charge is 2.02. The molecule has 1 N–H and O–H groups in total. The summed E-state index contributed by atoms with van der Waals surface area (Å²) >= 11 is 1.93. The van der Waals surface area contributed by atoms with Gasteiger partial charge in [-0.2, -0.15) is 0 Å². The lowest BCUT2D eigenvalue weighted by molar-refractivity contribution is -0.137. The highest BCUT2D eigenvalue weighted by atomic mass is 32.1. The van der Waals surface area contributed by atoms with E-state index in [4.69, 9.17) is 5.11 Å². The van der Waals surface area contributed by atoms with Gasteiger partial charge in [0, 0.05) is 16.2 Å². The van der Waals surface area contributed by atoms with E-state index in [1.807, 2.05) is 11.3 Å². The summed E-state index contributed by atoms with van der Waals surface area (Å²) in [6.07, 6.45) is 9.13. The Morgan fingerprint density at radius 3 is 2.04 bits per heavy atom. The van der Waals surface area contributed by atoms with Gasteiger partial charge in [0.15, 0.2) is 0 Å². The van der Waals surface area contributed by atoms with Crippen LogP contribution in [0.15, 0.2) is 42.5 Å². The predicted molar refractivity (Wildman–Crippen MR) is 97.2 cm³/mol. The van der Waals surface area contributed by atoms with Crippen molar-refractivity contribution in [3.63, 3.8) is 0 Å². The van der Waals surface area contributed by atoms with Crippen molar-refractivity contribution in [2.75, 3.05) is 0 Å². The minimum atomic E-state index is -0.682. The van der Waals surface area contributed by atoms with Gasteiger partial charge < -0.3 is 5.11 Å². The molecule has 1 aromatic carbocycles. The molecule has 0 bridgehead atoms. The summed E-state index contributed by atoms with van der Waals surface area (Å²) in [6, 6.07) is 15.2. The fourth-order valence-corrected chi connectivity index (χ4v) is 3.82. The van der Waals surface area contributed by atoms with E-state index in [-0.39, 0.29) is 0 Å². The van der Waals surface area contributed by atoms with Gasteiger partial charge in [-0.25, -0.2) is 0 Å². The molecule has 0 aliphatic rings. The maximum Gasteiger partial charge on any atom is 0.303 e. The normalized spacial score (nSPS) is 10.8. The molecule has 0 amide bonds. The van der Waals surface area contributed by atoms with E-state index in [0.29, 0.717) is 6.42 Å². The van der Waals surface area contributed by atoms with E-state index in [9.17, 15) is 4.79 Å². The van der Waals surface area contributed by atoms with Crippen LogP contribution < -0.4 is 0 Å².